The zero-order valence-electron chi connectivity index (χ0n) is 13.5. The standard InChI is InChI=1S/C19H17Cl2NO2/c1-11-3-6-16-14(7-18(23)24-19(16)12(11)2)10-22-9-13-4-5-15(20)8-17(13)21/h3-8,22H,9-10H2,1-2H3/p+1. The Kier molecular flexibility index (Phi) is 4.95. The predicted octanol–water partition coefficient (Wildman–Crippen LogP) is 3.98. The maximum atomic E-state index is 11.9. The summed E-state index contributed by atoms with van der Waals surface area (Å²) in [6, 6.07) is 11.1. The topological polar surface area (TPSA) is 46.8 Å². The van der Waals surface area contributed by atoms with E-state index in [1.807, 2.05) is 32.0 Å². The van der Waals surface area contributed by atoms with Crippen LogP contribution in [0.15, 0.2) is 45.6 Å². The van der Waals surface area contributed by atoms with E-state index in [2.05, 4.69) is 11.4 Å². The molecule has 0 saturated carbocycles. The van der Waals surface area contributed by atoms with Gasteiger partial charge in [-0.15, -0.1) is 0 Å². The van der Waals surface area contributed by atoms with Crippen molar-refractivity contribution < 1.29 is 9.73 Å². The molecule has 3 rings (SSSR count). The summed E-state index contributed by atoms with van der Waals surface area (Å²) >= 11 is 12.1. The molecule has 0 amide bonds. The van der Waals surface area contributed by atoms with E-state index in [9.17, 15) is 4.79 Å². The first-order chi connectivity index (χ1) is 11.5. The molecule has 1 aromatic heterocycles. The molecule has 5 heteroatoms. The number of quaternary nitrogens is 1. The average Bonchev–Trinajstić information content (AvgIpc) is 2.53. The molecule has 0 atom stereocenters. The Morgan fingerprint density at radius 1 is 1.00 bits per heavy atom. The van der Waals surface area contributed by atoms with Crippen molar-refractivity contribution in [3.05, 3.63) is 79.1 Å². The third kappa shape index (κ3) is 3.48. The zero-order valence-corrected chi connectivity index (χ0v) is 15.0. The Morgan fingerprint density at radius 2 is 1.75 bits per heavy atom. The van der Waals surface area contributed by atoms with Gasteiger partial charge in [0.25, 0.3) is 0 Å². The van der Waals surface area contributed by atoms with Gasteiger partial charge in [0.05, 0.1) is 5.02 Å². The van der Waals surface area contributed by atoms with Crippen LogP contribution in [0, 0.1) is 13.8 Å². The summed E-state index contributed by atoms with van der Waals surface area (Å²) in [5.41, 5.74) is 4.46. The third-order valence-corrected chi connectivity index (χ3v) is 4.85. The van der Waals surface area contributed by atoms with Crippen molar-refractivity contribution in [2.45, 2.75) is 26.9 Å². The molecule has 0 aliphatic rings. The van der Waals surface area contributed by atoms with Gasteiger partial charge >= 0.3 is 5.63 Å². The molecule has 0 saturated heterocycles. The Bertz CT molecular complexity index is 963. The highest BCUT2D eigenvalue weighted by atomic mass is 35.5. The molecule has 3 nitrogen and oxygen atoms in total. The maximum Gasteiger partial charge on any atom is 0.336 e. The van der Waals surface area contributed by atoms with Crippen LogP contribution in [-0.2, 0) is 13.1 Å². The fourth-order valence-electron chi connectivity index (χ4n) is 2.76. The van der Waals surface area contributed by atoms with E-state index in [0.717, 1.165) is 27.6 Å². The van der Waals surface area contributed by atoms with Crippen molar-refractivity contribution in [3.8, 4) is 0 Å². The molecule has 0 spiro atoms. The predicted molar refractivity (Wildman–Crippen MR) is 97.8 cm³/mol. The van der Waals surface area contributed by atoms with Gasteiger partial charge < -0.3 is 9.73 Å². The Hall–Kier alpha value is -1.81. The number of nitrogens with two attached hydrogens (primary N) is 1. The van der Waals surface area contributed by atoms with Crippen LogP contribution < -0.4 is 10.9 Å². The number of aryl methyl sites for hydroxylation is 2. The minimum absolute atomic E-state index is 0.316. The Balaban J connectivity index is 1.85. The normalized spacial score (nSPS) is 11.2. The summed E-state index contributed by atoms with van der Waals surface area (Å²) in [4.78, 5) is 11.9. The quantitative estimate of drug-likeness (QED) is 0.713. The minimum atomic E-state index is -0.316. The van der Waals surface area contributed by atoms with E-state index in [-0.39, 0.29) is 5.63 Å². The number of fused-ring (bicyclic) bond motifs is 1. The lowest BCUT2D eigenvalue weighted by Crippen LogP contribution is -2.80. The number of rotatable bonds is 4. The van der Waals surface area contributed by atoms with Crippen molar-refractivity contribution in [2.75, 3.05) is 0 Å². The fraction of sp³-hybridized carbons (Fsp3) is 0.211. The van der Waals surface area contributed by atoms with Gasteiger partial charge in [-0.3, -0.25) is 0 Å². The van der Waals surface area contributed by atoms with Crippen molar-refractivity contribution in [1.82, 2.24) is 0 Å². The third-order valence-electron chi connectivity index (χ3n) is 4.26. The molecule has 1 heterocycles. The highest BCUT2D eigenvalue weighted by Crippen LogP contribution is 2.23. The number of hydrogen-bond acceptors (Lipinski definition) is 2. The summed E-state index contributed by atoms with van der Waals surface area (Å²) in [7, 11) is 0. The fourth-order valence-corrected chi connectivity index (χ4v) is 3.25. The first-order valence-electron chi connectivity index (χ1n) is 7.74. The molecule has 2 aromatic carbocycles. The van der Waals surface area contributed by atoms with Crippen molar-refractivity contribution in [3.63, 3.8) is 0 Å². The molecule has 3 aromatic rings. The van der Waals surface area contributed by atoms with Gasteiger partial charge in [-0.2, -0.15) is 0 Å². The summed E-state index contributed by atoms with van der Waals surface area (Å²) in [6.07, 6.45) is 0. The molecular formula is C19H18Cl2NO2+. The second kappa shape index (κ2) is 6.98. The van der Waals surface area contributed by atoms with Crippen LogP contribution in [-0.4, -0.2) is 0 Å². The monoisotopic (exact) mass is 362 g/mol. The van der Waals surface area contributed by atoms with Crippen LogP contribution in [0.5, 0.6) is 0 Å². The van der Waals surface area contributed by atoms with Gasteiger partial charge in [-0.05, 0) is 37.1 Å². The highest BCUT2D eigenvalue weighted by molar-refractivity contribution is 6.35. The molecule has 0 aliphatic heterocycles. The number of halogens is 2. The second-order valence-electron chi connectivity index (χ2n) is 5.91. The molecule has 24 heavy (non-hydrogen) atoms. The van der Waals surface area contributed by atoms with Gasteiger partial charge in [-0.1, -0.05) is 41.4 Å². The van der Waals surface area contributed by atoms with E-state index in [1.54, 1.807) is 12.1 Å². The molecule has 0 fully saturated rings. The van der Waals surface area contributed by atoms with Gasteiger partial charge in [0.1, 0.15) is 18.7 Å². The molecule has 0 bridgehead atoms. The van der Waals surface area contributed by atoms with E-state index >= 15 is 0 Å². The van der Waals surface area contributed by atoms with Gasteiger partial charge in [-0.25, -0.2) is 4.79 Å². The van der Waals surface area contributed by atoms with Crippen molar-refractivity contribution in [2.24, 2.45) is 0 Å². The van der Waals surface area contributed by atoms with Gasteiger partial charge in [0.15, 0.2) is 0 Å². The molecular weight excluding hydrogens is 345 g/mol. The first-order valence-corrected chi connectivity index (χ1v) is 8.50. The van der Waals surface area contributed by atoms with Crippen LogP contribution in [0.2, 0.25) is 10.0 Å². The van der Waals surface area contributed by atoms with Crippen LogP contribution >= 0.6 is 23.2 Å². The van der Waals surface area contributed by atoms with E-state index < -0.39 is 0 Å². The smallest absolute Gasteiger partial charge is 0.336 e. The summed E-state index contributed by atoms with van der Waals surface area (Å²) in [5, 5.41) is 4.37. The molecule has 0 aliphatic carbocycles. The summed E-state index contributed by atoms with van der Waals surface area (Å²) in [5.74, 6) is 0. The molecule has 0 unspecified atom stereocenters. The largest absolute Gasteiger partial charge is 0.422 e. The minimum Gasteiger partial charge on any atom is -0.422 e. The summed E-state index contributed by atoms with van der Waals surface area (Å²) < 4.78 is 5.41. The van der Waals surface area contributed by atoms with Crippen LogP contribution in [0.1, 0.15) is 22.3 Å². The van der Waals surface area contributed by atoms with Crippen LogP contribution in [0.3, 0.4) is 0 Å². The van der Waals surface area contributed by atoms with Gasteiger partial charge in [0.2, 0.25) is 0 Å². The Labute approximate surface area is 150 Å². The number of hydrogen-bond donors (Lipinski definition) is 1. The maximum absolute atomic E-state index is 11.9. The second-order valence-corrected chi connectivity index (χ2v) is 6.75. The zero-order chi connectivity index (χ0) is 17.3. The highest BCUT2D eigenvalue weighted by Gasteiger charge is 2.11. The van der Waals surface area contributed by atoms with E-state index in [1.165, 1.54) is 0 Å². The molecule has 124 valence electrons. The SMILES string of the molecule is Cc1ccc2c(C[NH2+]Cc3ccc(Cl)cc3Cl)cc(=O)oc2c1C. The van der Waals surface area contributed by atoms with E-state index in [0.29, 0.717) is 28.7 Å². The lowest BCUT2D eigenvalue weighted by atomic mass is 10.0. The van der Waals surface area contributed by atoms with Crippen LogP contribution in [0.4, 0.5) is 0 Å². The van der Waals surface area contributed by atoms with Crippen molar-refractivity contribution >= 4 is 34.2 Å². The lowest BCUT2D eigenvalue weighted by molar-refractivity contribution is -0.686. The van der Waals surface area contributed by atoms with Crippen LogP contribution in [0.25, 0.3) is 11.0 Å². The van der Waals surface area contributed by atoms with Crippen molar-refractivity contribution in [1.29, 1.82) is 0 Å². The molecule has 2 N–H and O–H groups in total. The summed E-state index contributed by atoms with van der Waals surface area (Å²) in [6.45, 7) is 5.36. The lowest BCUT2D eigenvalue weighted by Gasteiger charge is -2.09. The van der Waals surface area contributed by atoms with Gasteiger partial charge in [0, 0.05) is 27.6 Å². The number of benzene rings is 2. The first kappa shape index (κ1) is 17.0. The Morgan fingerprint density at radius 3 is 2.50 bits per heavy atom. The molecule has 0 radical (unpaired) electrons. The average molecular weight is 363 g/mol. The van der Waals surface area contributed by atoms with E-state index in [4.69, 9.17) is 27.6 Å².